The van der Waals surface area contributed by atoms with Crippen LogP contribution in [0.25, 0.3) is 0 Å². The summed E-state index contributed by atoms with van der Waals surface area (Å²) in [6, 6.07) is 10.7. The lowest BCUT2D eigenvalue weighted by Crippen LogP contribution is -2.51. The second-order valence-corrected chi connectivity index (χ2v) is 4.05. The minimum Gasteiger partial charge on any atom is -0.395 e. The van der Waals surface area contributed by atoms with Gasteiger partial charge in [-0.25, -0.2) is 0 Å². The van der Waals surface area contributed by atoms with Crippen molar-refractivity contribution in [1.29, 1.82) is 0 Å². The standard InChI is InChI=1S/C12H18N2O.ClH/c15-10-12-9-14(7-6-13-12)8-11-4-2-1-3-5-11;/h1-5,12-13,15H,6-10H2;1H/t12-;/m1./s1. The maximum atomic E-state index is 9.09. The van der Waals surface area contributed by atoms with Gasteiger partial charge in [0.15, 0.2) is 0 Å². The Morgan fingerprint density at radius 2 is 2.06 bits per heavy atom. The zero-order valence-electron chi connectivity index (χ0n) is 9.30. The Hall–Kier alpha value is -0.610. The Labute approximate surface area is 103 Å². The van der Waals surface area contributed by atoms with Gasteiger partial charge in [0, 0.05) is 32.2 Å². The van der Waals surface area contributed by atoms with E-state index in [2.05, 4.69) is 34.5 Å². The van der Waals surface area contributed by atoms with Crippen molar-refractivity contribution < 1.29 is 5.11 Å². The molecular formula is C12H19ClN2O. The molecule has 0 saturated carbocycles. The van der Waals surface area contributed by atoms with Crippen LogP contribution in [0.5, 0.6) is 0 Å². The minimum absolute atomic E-state index is 0. The minimum atomic E-state index is 0. The van der Waals surface area contributed by atoms with Gasteiger partial charge in [-0.05, 0) is 5.56 Å². The highest BCUT2D eigenvalue weighted by molar-refractivity contribution is 5.85. The normalized spacial score (nSPS) is 21.4. The fraction of sp³-hybridized carbons (Fsp3) is 0.500. The largest absolute Gasteiger partial charge is 0.395 e. The first-order valence-electron chi connectivity index (χ1n) is 5.49. The maximum absolute atomic E-state index is 9.09. The van der Waals surface area contributed by atoms with Crippen LogP contribution in [-0.2, 0) is 6.54 Å². The molecule has 1 heterocycles. The second kappa shape index (κ2) is 6.86. The summed E-state index contributed by atoms with van der Waals surface area (Å²) in [7, 11) is 0. The van der Waals surface area contributed by atoms with E-state index in [4.69, 9.17) is 5.11 Å². The third-order valence-electron chi connectivity index (χ3n) is 2.81. The average molecular weight is 243 g/mol. The van der Waals surface area contributed by atoms with Crippen LogP contribution in [0.1, 0.15) is 5.56 Å². The Morgan fingerprint density at radius 1 is 1.31 bits per heavy atom. The van der Waals surface area contributed by atoms with Gasteiger partial charge in [0.25, 0.3) is 0 Å². The summed E-state index contributed by atoms with van der Waals surface area (Å²) in [6.45, 7) is 4.18. The highest BCUT2D eigenvalue weighted by atomic mass is 35.5. The summed E-state index contributed by atoms with van der Waals surface area (Å²) < 4.78 is 0. The molecule has 2 rings (SSSR count). The molecule has 0 aliphatic carbocycles. The zero-order valence-corrected chi connectivity index (χ0v) is 10.1. The Kier molecular flexibility index (Phi) is 5.77. The molecule has 1 aromatic carbocycles. The number of rotatable bonds is 3. The lowest BCUT2D eigenvalue weighted by Gasteiger charge is -2.32. The van der Waals surface area contributed by atoms with E-state index < -0.39 is 0 Å². The number of nitrogens with one attached hydrogen (secondary N) is 1. The smallest absolute Gasteiger partial charge is 0.0597 e. The summed E-state index contributed by atoms with van der Waals surface area (Å²) in [5, 5.41) is 12.4. The quantitative estimate of drug-likeness (QED) is 0.826. The first-order valence-corrected chi connectivity index (χ1v) is 5.49. The van der Waals surface area contributed by atoms with Crippen molar-refractivity contribution in [2.75, 3.05) is 26.2 Å². The molecule has 3 nitrogen and oxygen atoms in total. The van der Waals surface area contributed by atoms with E-state index in [1.54, 1.807) is 0 Å². The first-order chi connectivity index (χ1) is 7.38. The van der Waals surface area contributed by atoms with E-state index in [1.165, 1.54) is 5.56 Å². The molecule has 0 bridgehead atoms. The summed E-state index contributed by atoms with van der Waals surface area (Å²) in [4.78, 5) is 2.38. The van der Waals surface area contributed by atoms with E-state index in [1.807, 2.05) is 6.07 Å². The molecule has 0 aromatic heterocycles. The third-order valence-corrected chi connectivity index (χ3v) is 2.81. The van der Waals surface area contributed by atoms with Crippen LogP contribution in [0.15, 0.2) is 30.3 Å². The molecule has 4 heteroatoms. The Balaban J connectivity index is 0.00000128. The molecule has 16 heavy (non-hydrogen) atoms. The summed E-state index contributed by atoms with van der Waals surface area (Å²) in [5.74, 6) is 0. The van der Waals surface area contributed by atoms with Crippen molar-refractivity contribution in [2.45, 2.75) is 12.6 Å². The topological polar surface area (TPSA) is 35.5 Å². The molecule has 90 valence electrons. The number of hydrogen-bond donors (Lipinski definition) is 2. The number of piperazine rings is 1. The summed E-state index contributed by atoms with van der Waals surface area (Å²) >= 11 is 0. The highest BCUT2D eigenvalue weighted by Gasteiger charge is 2.17. The van der Waals surface area contributed by atoms with Crippen LogP contribution in [0, 0.1) is 0 Å². The molecule has 0 amide bonds. The van der Waals surface area contributed by atoms with Crippen molar-refractivity contribution in [3.63, 3.8) is 0 Å². The molecule has 1 atom stereocenters. The van der Waals surface area contributed by atoms with Crippen molar-refractivity contribution in [2.24, 2.45) is 0 Å². The van der Waals surface area contributed by atoms with Gasteiger partial charge in [0.2, 0.25) is 0 Å². The molecule has 1 fully saturated rings. The molecule has 1 saturated heterocycles. The average Bonchev–Trinajstić information content (AvgIpc) is 2.31. The predicted molar refractivity (Wildman–Crippen MR) is 67.8 cm³/mol. The van der Waals surface area contributed by atoms with Gasteiger partial charge in [-0.15, -0.1) is 12.4 Å². The Morgan fingerprint density at radius 3 is 2.75 bits per heavy atom. The number of hydrogen-bond acceptors (Lipinski definition) is 3. The van der Waals surface area contributed by atoms with Crippen LogP contribution in [0.2, 0.25) is 0 Å². The third kappa shape index (κ3) is 3.76. The van der Waals surface area contributed by atoms with Crippen LogP contribution < -0.4 is 5.32 Å². The lowest BCUT2D eigenvalue weighted by molar-refractivity contribution is 0.143. The molecule has 0 unspecified atom stereocenters. The van der Waals surface area contributed by atoms with Gasteiger partial charge in [0.05, 0.1) is 6.61 Å². The SMILES string of the molecule is Cl.OC[C@H]1CN(Cc2ccccc2)CCN1. The van der Waals surface area contributed by atoms with Gasteiger partial charge < -0.3 is 10.4 Å². The maximum Gasteiger partial charge on any atom is 0.0597 e. The van der Waals surface area contributed by atoms with E-state index in [9.17, 15) is 0 Å². The number of nitrogens with zero attached hydrogens (tertiary/aromatic N) is 1. The fourth-order valence-electron chi connectivity index (χ4n) is 2.00. The molecule has 0 spiro atoms. The lowest BCUT2D eigenvalue weighted by atomic mass is 10.1. The monoisotopic (exact) mass is 242 g/mol. The van der Waals surface area contributed by atoms with Crippen molar-refractivity contribution in [3.8, 4) is 0 Å². The van der Waals surface area contributed by atoms with E-state index >= 15 is 0 Å². The molecule has 1 aliphatic heterocycles. The van der Waals surface area contributed by atoms with E-state index in [-0.39, 0.29) is 25.1 Å². The van der Waals surface area contributed by atoms with Crippen molar-refractivity contribution in [3.05, 3.63) is 35.9 Å². The fourth-order valence-corrected chi connectivity index (χ4v) is 2.00. The van der Waals surface area contributed by atoms with Gasteiger partial charge in [-0.1, -0.05) is 30.3 Å². The number of aliphatic hydroxyl groups is 1. The highest BCUT2D eigenvalue weighted by Crippen LogP contribution is 2.06. The molecular weight excluding hydrogens is 224 g/mol. The van der Waals surface area contributed by atoms with Crippen molar-refractivity contribution >= 4 is 12.4 Å². The van der Waals surface area contributed by atoms with E-state index in [0.29, 0.717) is 0 Å². The second-order valence-electron chi connectivity index (χ2n) is 4.05. The zero-order chi connectivity index (χ0) is 10.5. The molecule has 1 aliphatic rings. The van der Waals surface area contributed by atoms with Crippen LogP contribution in [-0.4, -0.2) is 42.3 Å². The molecule has 0 radical (unpaired) electrons. The van der Waals surface area contributed by atoms with Gasteiger partial charge >= 0.3 is 0 Å². The summed E-state index contributed by atoms with van der Waals surface area (Å²) in [5.41, 5.74) is 1.34. The number of benzene rings is 1. The molecule has 1 aromatic rings. The van der Waals surface area contributed by atoms with E-state index in [0.717, 1.165) is 26.2 Å². The number of aliphatic hydroxyl groups excluding tert-OH is 1. The van der Waals surface area contributed by atoms with Crippen molar-refractivity contribution in [1.82, 2.24) is 10.2 Å². The van der Waals surface area contributed by atoms with Crippen LogP contribution in [0.4, 0.5) is 0 Å². The molecule has 2 N–H and O–H groups in total. The Bertz CT molecular complexity index is 294. The van der Waals surface area contributed by atoms with Gasteiger partial charge in [0.1, 0.15) is 0 Å². The van der Waals surface area contributed by atoms with Gasteiger partial charge in [-0.3, -0.25) is 4.90 Å². The predicted octanol–water partition coefficient (Wildman–Crippen LogP) is 0.874. The van der Waals surface area contributed by atoms with Crippen LogP contribution >= 0.6 is 12.4 Å². The first kappa shape index (κ1) is 13.5. The summed E-state index contributed by atoms with van der Waals surface area (Å²) in [6.07, 6.45) is 0. The number of halogens is 1. The van der Waals surface area contributed by atoms with Crippen LogP contribution in [0.3, 0.4) is 0 Å². The van der Waals surface area contributed by atoms with Gasteiger partial charge in [-0.2, -0.15) is 0 Å².